The van der Waals surface area contributed by atoms with Crippen molar-refractivity contribution in [3.05, 3.63) is 95.3 Å². The molecule has 0 nitrogen and oxygen atoms in total. The summed E-state index contributed by atoms with van der Waals surface area (Å²) in [6.07, 6.45) is 2.51. The molecule has 0 aliphatic heterocycles. The van der Waals surface area contributed by atoms with Gasteiger partial charge in [0.1, 0.15) is 0 Å². The van der Waals surface area contributed by atoms with Crippen molar-refractivity contribution in [3.8, 4) is 0 Å². The van der Waals surface area contributed by atoms with Crippen molar-refractivity contribution in [2.45, 2.75) is 40.6 Å². The van der Waals surface area contributed by atoms with Gasteiger partial charge in [0.05, 0.1) is 0 Å². The molecule has 0 amide bonds. The number of rotatable bonds is 3. The fourth-order valence-corrected chi connectivity index (χ4v) is 25.1. The predicted molar refractivity (Wildman–Crippen MR) is 133 cm³/mol. The van der Waals surface area contributed by atoms with Crippen LogP contribution >= 0.6 is 23.2 Å². The molecule has 2 aromatic carbocycles. The Hall–Kier alpha value is -0.660. The summed E-state index contributed by atoms with van der Waals surface area (Å²) in [4.78, 5) is 0. The van der Waals surface area contributed by atoms with Gasteiger partial charge in [-0.15, -0.1) is 0 Å². The quantitative estimate of drug-likeness (QED) is 0.351. The van der Waals surface area contributed by atoms with E-state index in [0.29, 0.717) is 9.54 Å². The van der Waals surface area contributed by atoms with Gasteiger partial charge in [-0.3, -0.25) is 0 Å². The molecule has 0 saturated carbocycles. The van der Waals surface area contributed by atoms with Crippen LogP contribution in [0.5, 0.6) is 0 Å². The first-order chi connectivity index (χ1) is 13.9. The van der Waals surface area contributed by atoms with Crippen LogP contribution in [0.1, 0.15) is 48.0 Å². The molecule has 2 aliphatic carbocycles. The van der Waals surface area contributed by atoms with Gasteiger partial charge >= 0.3 is 195 Å². The third-order valence-corrected chi connectivity index (χ3v) is 25.6. The molecule has 0 saturated heterocycles. The molecule has 2 aromatic rings. The van der Waals surface area contributed by atoms with Crippen LogP contribution < -0.4 is 0 Å². The summed E-state index contributed by atoms with van der Waals surface area (Å²) in [5, 5.41) is 1.45. The second-order valence-corrected chi connectivity index (χ2v) is 40.5. The average Bonchev–Trinajstić information content (AvgIpc) is 3.15. The van der Waals surface area contributed by atoms with E-state index in [1.54, 1.807) is 14.4 Å². The molecule has 4 heteroatoms. The average molecular weight is 533 g/mol. The van der Waals surface area contributed by atoms with E-state index in [0.717, 1.165) is 15.6 Å². The van der Waals surface area contributed by atoms with E-state index in [9.17, 15) is 0 Å². The van der Waals surface area contributed by atoms with Gasteiger partial charge in [-0.1, -0.05) is 0 Å². The van der Waals surface area contributed by atoms with Crippen LogP contribution in [0, 0.1) is 5.92 Å². The Morgan fingerprint density at radius 1 is 0.867 bits per heavy atom. The molecular formula is C26H30Cl2SiZr. The number of hydrogen-bond donors (Lipinski definition) is 0. The van der Waals surface area contributed by atoms with Crippen LogP contribution in [-0.4, -0.2) is 6.88 Å². The second kappa shape index (κ2) is 7.45. The van der Waals surface area contributed by atoms with Gasteiger partial charge in [-0.05, 0) is 0 Å². The van der Waals surface area contributed by atoms with Crippen LogP contribution in [0.15, 0.2) is 68.5 Å². The van der Waals surface area contributed by atoms with Crippen molar-refractivity contribution in [2.24, 2.45) is 5.92 Å². The summed E-state index contributed by atoms with van der Waals surface area (Å²) in [5.74, 6) is 0.539. The predicted octanol–water partition coefficient (Wildman–Crippen LogP) is 8.07. The molecule has 0 N–H and O–H groups in total. The number of fused-ring (bicyclic) bond motifs is 1. The third kappa shape index (κ3) is 3.25. The van der Waals surface area contributed by atoms with Crippen molar-refractivity contribution >= 4 is 35.7 Å². The van der Waals surface area contributed by atoms with E-state index in [1.807, 2.05) is 18.2 Å². The minimum atomic E-state index is -3.42. The van der Waals surface area contributed by atoms with Gasteiger partial charge in [-0.25, -0.2) is 0 Å². The first-order valence-electron chi connectivity index (χ1n) is 10.7. The standard InChI is InChI=1S/C15H9Cl2.C9H13.2CH3.H2Si.Zr/c16-13-6-3-7-14(17)15(13)12-9-8-10-4-1-2-5-11(10)12;1-6-5-7(2)9(4)8(6)3;;;;/h1-9H;6H,1-4H3;2*1H3;1H2;. The molecule has 2 unspecified atom stereocenters. The Morgan fingerprint density at radius 2 is 1.47 bits per heavy atom. The first-order valence-corrected chi connectivity index (χ1v) is 24.9. The maximum atomic E-state index is 6.66. The Labute approximate surface area is 193 Å². The van der Waals surface area contributed by atoms with Gasteiger partial charge in [0, 0.05) is 0 Å². The van der Waals surface area contributed by atoms with Crippen molar-refractivity contribution < 1.29 is 17.4 Å². The summed E-state index contributed by atoms with van der Waals surface area (Å²) < 4.78 is 7.47. The van der Waals surface area contributed by atoms with E-state index >= 15 is 0 Å². The molecule has 0 spiro atoms. The summed E-state index contributed by atoms with van der Waals surface area (Å²) in [5.41, 5.74) is 9.50. The van der Waals surface area contributed by atoms with E-state index < -0.39 is 17.4 Å². The molecule has 4 rings (SSSR count). The molecule has 30 heavy (non-hydrogen) atoms. The monoisotopic (exact) mass is 530 g/mol. The molecule has 0 bridgehead atoms. The van der Waals surface area contributed by atoms with Gasteiger partial charge in [0.2, 0.25) is 0 Å². The number of hydrogen-bond acceptors (Lipinski definition) is 0. The zero-order chi connectivity index (χ0) is 22.0. The number of benzene rings is 2. The van der Waals surface area contributed by atoms with Gasteiger partial charge < -0.3 is 0 Å². The molecule has 0 fully saturated rings. The summed E-state index contributed by atoms with van der Waals surface area (Å²) in [7, 11) is 0. The van der Waals surface area contributed by atoms with E-state index in [1.165, 1.54) is 22.3 Å². The van der Waals surface area contributed by atoms with Crippen molar-refractivity contribution in [1.82, 2.24) is 0 Å². The van der Waals surface area contributed by atoms with Gasteiger partial charge in [-0.2, -0.15) is 0 Å². The Balaban J connectivity index is 1.98. The maximum absolute atomic E-state index is 6.66. The topological polar surface area (TPSA) is 0 Å². The van der Waals surface area contributed by atoms with Crippen molar-refractivity contribution in [1.29, 1.82) is 0 Å². The Morgan fingerprint density at radius 3 is 2.03 bits per heavy atom. The number of halogens is 2. The Bertz CT molecular complexity index is 1220. The van der Waals surface area contributed by atoms with Crippen LogP contribution in [0.25, 0.3) is 5.57 Å². The van der Waals surface area contributed by atoms with E-state index in [-0.39, 0.29) is 0 Å². The van der Waals surface area contributed by atoms with Crippen LogP contribution in [0.2, 0.25) is 19.3 Å². The zero-order valence-corrected chi connectivity index (χ0v) is 24.1. The molecule has 156 valence electrons. The van der Waals surface area contributed by atoms with Crippen LogP contribution in [-0.2, 0) is 17.4 Å². The fraction of sp³-hybridized carbons (Fsp3) is 0.308. The molecular weight excluding hydrogens is 503 g/mol. The van der Waals surface area contributed by atoms with E-state index in [4.69, 9.17) is 23.2 Å². The normalized spacial score (nSPS) is 22.0. The van der Waals surface area contributed by atoms with Gasteiger partial charge in [0.15, 0.2) is 0 Å². The van der Waals surface area contributed by atoms with Crippen molar-refractivity contribution in [2.75, 3.05) is 0 Å². The van der Waals surface area contributed by atoms with Crippen LogP contribution in [0.4, 0.5) is 0 Å². The zero-order valence-electron chi connectivity index (χ0n) is 18.7. The first kappa shape index (κ1) is 22.5. The SMILES string of the molecule is CC1=C(C)C(C)[C]([Zr]([CH3])([CH3])(=[SiH2])[CH]2C=C(c3c(Cl)cccc3Cl)c3ccccc32)=C1C. The summed E-state index contributed by atoms with van der Waals surface area (Å²) in [6.45, 7) is 11.7. The molecule has 2 atom stereocenters. The number of allylic oxidation sites excluding steroid dienone is 5. The Kier molecular flexibility index (Phi) is 5.59. The summed E-state index contributed by atoms with van der Waals surface area (Å²) >= 11 is 9.91. The third-order valence-electron chi connectivity index (χ3n) is 7.67. The minimum absolute atomic E-state index is 0.439. The molecule has 0 heterocycles. The summed E-state index contributed by atoms with van der Waals surface area (Å²) in [6, 6.07) is 14.7. The van der Waals surface area contributed by atoms with E-state index in [2.05, 4.69) is 74.2 Å². The molecule has 2 aliphatic rings. The fourth-order valence-electron chi connectivity index (χ4n) is 5.96. The van der Waals surface area contributed by atoms with Gasteiger partial charge in [0.25, 0.3) is 0 Å². The second-order valence-electron chi connectivity index (χ2n) is 10.1. The van der Waals surface area contributed by atoms with Crippen LogP contribution in [0.3, 0.4) is 0 Å². The molecule has 0 radical (unpaired) electrons. The molecule has 0 aromatic heterocycles. The van der Waals surface area contributed by atoms with Crippen molar-refractivity contribution in [3.63, 3.8) is 0 Å².